The molecule has 3 heterocycles. The molecule has 0 bridgehead atoms. The van der Waals surface area contributed by atoms with Crippen LogP contribution in [-0.4, -0.2) is 76.5 Å². The summed E-state index contributed by atoms with van der Waals surface area (Å²) in [5.74, 6) is 0.182. The minimum atomic E-state index is 0.182. The van der Waals surface area contributed by atoms with E-state index in [1.807, 2.05) is 11.0 Å². The van der Waals surface area contributed by atoms with Crippen molar-refractivity contribution in [2.75, 3.05) is 39.3 Å². The molecule has 5 rings (SSSR count). The summed E-state index contributed by atoms with van der Waals surface area (Å²) in [6, 6.07) is 10.4. The Hall–Kier alpha value is -1.85. The van der Waals surface area contributed by atoms with Crippen molar-refractivity contribution in [3.8, 4) is 0 Å². The van der Waals surface area contributed by atoms with E-state index in [1.54, 1.807) is 0 Å². The van der Waals surface area contributed by atoms with Crippen molar-refractivity contribution in [2.45, 2.75) is 64.1 Å². The first kappa shape index (κ1) is 20.1. The smallest absolute Gasteiger partial charge is 0.253 e. The van der Waals surface area contributed by atoms with E-state index in [9.17, 15) is 4.79 Å². The maximum atomic E-state index is 13.1. The summed E-state index contributed by atoms with van der Waals surface area (Å²) in [6.07, 6.45) is 9.06. The Bertz CT molecular complexity index is 890. The molecule has 162 valence electrons. The van der Waals surface area contributed by atoms with E-state index in [-0.39, 0.29) is 5.91 Å². The van der Waals surface area contributed by atoms with Crippen LogP contribution in [0.3, 0.4) is 0 Å². The van der Waals surface area contributed by atoms with Gasteiger partial charge in [0.05, 0.1) is 0 Å². The van der Waals surface area contributed by atoms with Crippen LogP contribution < -0.4 is 0 Å². The molecule has 30 heavy (non-hydrogen) atoms. The third-order valence-electron chi connectivity index (χ3n) is 7.73. The van der Waals surface area contributed by atoms with Gasteiger partial charge in [0, 0.05) is 80.1 Å². The first-order valence-corrected chi connectivity index (χ1v) is 12.0. The third-order valence-corrected chi connectivity index (χ3v) is 7.73. The fourth-order valence-electron chi connectivity index (χ4n) is 5.84. The Balaban J connectivity index is 1.28. The number of fused-ring (bicyclic) bond motifs is 1. The predicted molar refractivity (Wildman–Crippen MR) is 122 cm³/mol. The SMILES string of the molecule is CC(C)N1CCN(C(=O)c2ccc3c(ccn3C3CCN(C4CCCC4)C3)c2)CC1. The molecule has 1 atom stereocenters. The highest BCUT2D eigenvalue weighted by molar-refractivity contribution is 5.98. The van der Waals surface area contributed by atoms with Crippen molar-refractivity contribution < 1.29 is 4.79 Å². The molecule has 2 aliphatic heterocycles. The fraction of sp³-hybridized carbons (Fsp3) is 0.640. The summed E-state index contributed by atoms with van der Waals surface area (Å²) >= 11 is 0. The lowest BCUT2D eigenvalue weighted by Crippen LogP contribution is -2.50. The van der Waals surface area contributed by atoms with Crippen LogP contribution in [0.15, 0.2) is 30.5 Å². The van der Waals surface area contributed by atoms with Gasteiger partial charge in [0.25, 0.3) is 5.91 Å². The number of aromatic nitrogens is 1. The molecule has 5 heteroatoms. The van der Waals surface area contributed by atoms with Crippen LogP contribution in [0.4, 0.5) is 0 Å². The van der Waals surface area contributed by atoms with Gasteiger partial charge < -0.3 is 9.47 Å². The molecule has 0 N–H and O–H groups in total. The molecule has 3 fully saturated rings. The molecule has 1 amide bonds. The monoisotopic (exact) mass is 408 g/mol. The van der Waals surface area contributed by atoms with E-state index in [2.05, 4.69) is 52.6 Å². The average molecular weight is 409 g/mol. The molecule has 1 aliphatic carbocycles. The van der Waals surface area contributed by atoms with Gasteiger partial charge in [-0.05, 0) is 57.4 Å². The van der Waals surface area contributed by atoms with E-state index in [1.165, 1.54) is 56.1 Å². The largest absolute Gasteiger partial charge is 0.343 e. The predicted octanol–water partition coefficient (Wildman–Crippen LogP) is 4.00. The van der Waals surface area contributed by atoms with Crippen molar-refractivity contribution in [3.63, 3.8) is 0 Å². The van der Waals surface area contributed by atoms with Crippen LogP contribution in [0.25, 0.3) is 10.9 Å². The van der Waals surface area contributed by atoms with Gasteiger partial charge in [0.2, 0.25) is 0 Å². The van der Waals surface area contributed by atoms with Crippen LogP contribution in [0, 0.1) is 0 Å². The lowest BCUT2D eigenvalue weighted by Gasteiger charge is -2.37. The second-order valence-electron chi connectivity index (χ2n) is 9.79. The quantitative estimate of drug-likeness (QED) is 0.766. The zero-order chi connectivity index (χ0) is 20.7. The van der Waals surface area contributed by atoms with Gasteiger partial charge in [-0.15, -0.1) is 0 Å². The standard InChI is InChI=1S/C25H36N4O/c1-19(2)26-13-15-27(16-14-26)25(30)21-7-8-24-20(17-21)9-12-29(24)23-10-11-28(18-23)22-5-3-4-6-22/h7-9,12,17,19,22-23H,3-6,10-11,13-16,18H2,1-2H3. The van der Waals surface area contributed by atoms with Crippen molar-refractivity contribution in [3.05, 3.63) is 36.0 Å². The summed E-state index contributed by atoms with van der Waals surface area (Å²) in [5.41, 5.74) is 2.10. The maximum Gasteiger partial charge on any atom is 0.253 e. The number of benzene rings is 1. The summed E-state index contributed by atoms with van der Waals surface area (Å²) in [6.45, 7) is 10.5. The van der Waals surface area contributed by atoms with E-state index < -0.39 is 0 Å². The first-order chi connectivity index (χ1) is 14.6. The molecule has 0 spiro atoms. The topological polar surface area (TPSA) is 31.7 Å². The molecule has 1 saturated carbocycles. The number of rotatable bonds is 4. The first-order valence-electron chi connectivity index (χ1n) is 12.0. The van der Waals surface area contributed by atoms with Crippen LogP contribution in [-0.2, 0) is 0 Å². The highest BCUT2D eigenvalue weighted by Crippen LogP contribution is 2.32. The molecule has 2 aromatic rings. The van der Waals surface area contributed by atoms with Gasteiger partial charge in [-0.3, -0.25) is 14.6 Å². The number of carbonyl (C=O) groups is 1. The van der Waals surface area contributed by atoms with Gasteiger partial charge >= 0.3 is 0 Å². The zero-order valence-electron chi connectivity index (χ0n) is 18.6. The number of carbonyl (C=O) groups excluding carboxylic acids is 1. The molecule has 0 radical (unpaired) electrons. The van der Waals surface area contributed by atoms with Crippen LogP contribution in [0.2, 0.25) is 0 Å². The Morgan fingerprint density at radius 2 is 1.70 bits per heavy atom. The summed E-state index contributed by atoms with van der Waals surface area (Å²) in [4.78, 5) is 20.3. The Morgan fingerprint density at radius 1 is 0.933 bits per heavy atom. The van der Waals surface area contributed by atoms with E-state index >= 15 is 0 Å². The number of piperazine rings is 1. The van der Waals surface area contributed by atoms with E-state index in [4.69, 9.17) is 0 Å². The van der Waals surface area contributed by atoms with Gasteiger partial charge in [-0.1, -0.05) is 12.8 Å². The highest BCUT2D eigenvalue weighted by Gasteiger charge is 2.31. The Kier molecular flexibility index (Phi) is 5.59. The summed E-state index contributed by atoms with van der Waals surface area (Å²) in [7, 11) is 0. The molecule has 1 unspecified atom stereocenters. The van der Waals surface area contributed by atoms with Crippen molar-refractivity contribution >= 4 is 16.8 Å². The van der Waals surface area contributed by atoms with Gasteiger partial charge in [0.1, 0.15) is 0 Å². The molecule has 1 aromatic carbocycles. The second kappa shape index (κ2) is 8.35. The molecule has 5 nitrogen and oxygen atoms in total. The lowest BCUT2D eigenvalue weighted by atomic mass is 10.1. The maximum absolute atomic E-state index is 13.1. The van der Waals surface area contributed by atoms with E-state index in [0.717, 1.165) is 37.8 Å². The van der Waals surface area contributed by atoms with Crippen LogP contribution in [0.5, 0.6) is 0 Å². The van der Waals surface area contributed by atoms with Crippen molar-refractivity contribution in [2.24, 2.45) is 0 Å². The number of hydrogen-bond donors (Lipinski definition) is 0. The Labute approximate surface area is 180 Å². The molecular formula is C25H36N4O. The molecule has 2 saturated heterocycles. The minimum Gasteiger partial charge on any atom is -0.343 e. The summed E-state index contributed by atoms with van der Waals surface area (Å²) < 4.78 is 2.46. The van der Waals surface area contributed by atoms with Crippen molar-refractivity contribution in [1.29, 1.82) is 0 Å². The number of hydrogen-bond acceptors (Lipinski definition) is 3. The van der Waals surface area contributed by atoms with Gasteiger partial charge in [-0.2, -0.15) is 0 Å². The zero-order valence-corrected chi connectivity index (χ0v) is 18.6. The lowest BCUT2D eigenvalue weighted by molar-refractivity contribution is 0.0595. The number of nitrogens with zero attached hydrogens (tertiary/aromatic N) is 4. The number of amides is 1. The normalized spacial score (nSPS) is 24.5. The van der Waals surface area contributed by atoms with Crippen molar-refractivity contribution in [1.82, 2.24) is 19.3 Å². The molecule has 1 aromatic heterocycles. The minimum absolute atomic E-state index is 0.182. The fourth-order valence-corrected chi connectivity index (χ4v) is 5.84. The molecular weight excluding hydrogens is 372 g/mol. The van der Waals surface area contributed by atoms with E-state index in [0.29, 0.717) is 12.1 Å². The average Bonchev–Trinajstić information content (AvgIpc) is 3.52. The van der Waals surface area contributed by atoms with Gasteiger partial charge in [-0.25, -0.2) is 0 Å². The molecule has 3 aliphatic rings. The Morgan fingerprint density at radius 3 is 2.43 bits per heavy atom. The van der Waals surface area contributed by atoms with Crippen LogP contribution >= 0.6 is 0 Å². The van der Waals surface area contributed by atoms with Crippen LogP contribution in [0.1, 0.15) is 62.4 Å². The highest BCUT2D eigenvalue weighted by atomic mass is 16.2. The third kappa shape index (κ3) is 3.78. The number of likely N-dealkylation sites (tertiary alicyclic amines) is 1. The van der Waals surface area contributed by atoms with Gasteiger partial charge in [0.15, 0.2) is 0 Å². The summed E-state index contributed by atoms with van der Waals surface area (Å²) in [5, 5.41) is 1.20. The second-order valence-corrected chi connectivity index (χ2v) is 9.79.